The maximum Gasteiger partial charge on any atom is 0.138 e. The van der Waals surface area contributed by atoms with Gasteiger partial charge in [-0.15, -0.1) is 22.7 Å². The Labute approximate surface area is 132 Å². The average molecular weight is 318 g/mol. The number of rotatable bonds is 6. The maximum absolute atomic E-state index is 5.24. The van der Waals surface area contributed by atoms with Gasteiger partial charge in [-0.05, 0) is 36.7 Å². The van der Waals surface area contributed by atoms with Crippen molar-refractivity contribution < 1.29 is 4.52 Å². The second kappa shape index (κ2) is 6.56. The number of hydrogen-bond donors (Lipinski definition) is 1. The first-order valence-corrected chi connectivity index (χ1v) is 8.71. The number of nitrogens with one attached hydrogen (secondary N) is 1. The molecule has 0 saturated carbocycles. The van der Waals surface area contributed by atoms with E-state index in [1.54, 1.807) is 11.3 Å². The van der Waals surface area contributed by atoms with Crippen LogP contribution in [-0.2, 0) is 13.0 Å². The molecule has 3 aromatic heterocycles. The Hall–Kier alpha value is -1.43. The van der Waals surface area contributed by atoms with Gasteiger partial charge in [0.2, 0.25) is 0 Å². The molecule has 0 bridgehead atoms. The third-order valence-electron chi connectivity index (χ3n) is 3.58. The summed E-state index contributed by atoms with van der Waals surface area (Å²) >= 11 is 3.61. The first-order valence-electron chi connectivity index (χ1n) is 6.95. The summed E-state index contributed by atoms with van der Waals surface area (Å²) < 4.78 is 5.24. The van der Waals surface area contributed by atoms with Crippen LogP contribution >= 0.6 is 22.7 Å². The Morgan fingerprint density at radius 1 is 1.19 bits per heavy atom. The van der Waals surface area contributed by atoms with Gasteiger partial charge in [0.1, 0.15) is 5.76 Å². The van der Waals surface area contributed by atoms with Crippen LogP contribution in [0.3, 0.4) is 0 Å². The number of aryl methyl sites for hydroxylation is 2. The van der Waals surface area contributed by atoms with E-state index in [0.29, 0.717) is 6.04 Å². The summed E-state index contributed by atoms with van der Waals surface area (Å²) in [7, 11) is 0. The molecule has 3 nitrogen and oxygen atoms in total. The van der Waals surface area contributed by atoms with Crippen LogP contribution in [0.1, 0.15) is 32.8 Å². The number of hydrogen-bond acceptors (Lipinski definition) is 5. The minimum atomic E-state index is 0.331. The zero-order chi connectivity index (χ0) is 14.7. The summed E-state index contributed by atoms with van der Waals surface area (Å²) in [4.78, 5) is 2.77. The van der Waals surface area contributed by atoms with E-state index >= 15 is 0 Å². The third kappa shape index (κ3) is 3.43. The molecular formula is C16H18N2OS2. The molecule has 0 aliphatic heterocycles. The Bertz CT molecular complexity index is 652. The zero-order valence-electron chi connectivity index (χ0n) is 12.1. The number of nitrogens with zero attached hydrogens (tertiary/aromatic N) is 1. The van der Waals surface area contributed by atoms with Gasteiger partial charge in [0.15, 0.2) is 0 Å². The normalized spacial score (nSPS) is 12.7. The zero-order valence-corrected chi connectivity index (χ0v) is 13.8. The van der Waals surface area contributed by atoms with Gasteiger partial charge >= 0.3 is 0 Å². The van der Waals surface area contributed by atoms with Crippen LogP contribution in [0.2, 0.25) is 0 Å². The molecule has 0 saturated heterocycles. The minimum Gasteiger partial charge on any atom is -0.361 e. The molecule has 5 heteroatoms. The lowest BCUT2D eigenvalue weighted by Gasteiger charge is -2.16. The van der Waals surface area contributed by atoms with Crippen molar-refractivity contribution >= 4 is 22.7 Å². The van der Waals surface area contributed by atoms with Crippen LogP contribution in [0.5, 0.6) is 0 Å². The van der Waals surface area contributed by atoms with Crippen LogP contribution in [0.25, 0.3) is 0 Å². The lowest BCUT2D eigenvalue weighted by atomic mass is 10.1. The van der Waals surface area contributed by atoms with Gasteiger partial charge in [0.05, 0.1) is 5.69 Å². The topological polar surface area (TPSA) is 38.1 Å². The smallest absolute Gasteiger partial charge is 0.138 e. The van der Waals surface area contributed by atoms with Crippen LogP contribution in [0.4, 0.5) is 0 Å². The molecule has 0 fully saturated rings. The van der Waals surface area contributed by atoms with E-state index < -0.39 is 0 Å². The highest BCUT2D eigenvalue weighted by Gasteiger charge is 2.16. The predicted octanol–water partition coefficient (Wildman–Crippen LogP) is 4.49. The highest BCUT2D eigenvalue weighted by Crippen LogP contribution is 2.26. The summed E-state index contributed by atoms with van der Waals surface area (Å²) in [6, 6.07) is 8.95. The number of aromatic nitrogens is 1. The van der Waals surface area contributed by atoms with Gasteiger partial charge in [0.25, 0.3) is 0 Å². The van der Waals surface area contributed by atoms with Gasteiger partial charge in [-0.3, -0.25) is 0 Å². The maximum atomic E-state index is 5.24. The van der Waals surface area contributed by atoms with Crippen molar-refractivity contribution in [3.05, 3.63) is 61.8 Å². The SMILES string of the molecule is Cc1noc(C)c1CNC(Cc1cccs1)c1cccs1. The van der Waals surface area contributed by atoms with Crippen molar-refractivity contribution in [2.45, 2.75) is 32.9 Å². The van der Waals surface area contributed by atoms with Gasteiger partial charge in [-0.25, -0.2) is 0 Å². The Morgan fingerprint density at radius 2 is 2.00 bits per heavy atom. The fourth-order valence-corrected chi connectivity index (χ4v) is 3.93. The standard InChI is InChI=1S/C16H18N2OS2/c1-11-14(12(2)19-18-11)10-17-15(16-6-4-8-21-16)9-13-5-3-7-20-13/h3-8,15,17H,9-10H2,1-2H3. The highest BCUT2D eigenvalue weighted by molar-refractivity contribution is 7.10. The third-order valence-corrected chi connectivity index (χ3v) is 5.46. The van der Waals surface area contributed by atoms with Crippen LogP contribution in [0, 0.1) is 13.8 Å². The van der Waals surface area contributed by atoms with Crippen molar-refractivity contribution in [3.63, 3.8) is 0 Å². The molecule has 1 atom stereocenters. The quantitative estimate of drug-likeness (QED) is 0.728. The van der Waals surface area contributed by atoms with E-state index in [2.05, 4.69) is 45.5 Å². The molecular weight excluding hydrogens is 300 g/mol. The lowest BCUT2D eigenvalue weighted by molar-refractivity contribution is 0.391. The molecule has 0 aliphatic rings. The van der Waals surface area contributed by atoms with E-state index in [1.807, 2.05) is 25.2 Å². The van der Waals surface area contributed by atoms with E-state index in [1.165, 1.54) is 15.3 Å². The van der Waals surface area contributed by atoms with Crippen molar-refractivity contribution in [1.82, 2.24) is 10.5 Å². The fraction of sp³-hybridized carbons (Fsp3) is 0.312. The molecule has 110 valence electrons. The molecule has 1 unspecified atom stereocenters. The van der Waals surface area contributed by atoms with E-state index in [9.17, 15) is 0 Å². The molecule has 0 radical (unpaired) electrons. The summed E-state index contributed by atoms with van der Waals surface area (Å²) in [5, 5.41) is 12.0. The molecule has 0 spiro atoms. The Morgan fingerprint density at radius 3 is 2.62 bits per heavy atom. The molecule has 3 rings (SSSR count). The molecule has 3 heterocycles. The molecule has 0 aliphatic carbocycles. The van der Waals surface area contributed by atoms with E-state index in [4.69, 9.17) is 4.52 Å². The molecule has 0 aromatic carbocycles. The summed E-state index contributed by atoms with van der Waals surface area (Å²) in [5.41, 5.74) is 2.14. The van der Waals surface area contributed by atoms with Gasteiger partial charge in [0, 0.05) is 34.3 Å². The van der Waals surface area contributed by atoms with Crippen molar-refractivity contribution in [1.29, 1.82) is 0 Å². The van der Waals surface area contributed by atoms with Gasteiger partial charge in [-0.1, -0.05) is 17.3 Å². The summed E-state index contributed by atoms with van der Waals surface area (Å²) in [5.74, 6) is 0.904. The molecule has 3 aromatic rings. The van der Waals surface area contributed by atoms with Crippen molar-refractivity contribution in [2.75, 3.05) is 0 Å². The first kappa shape index (κ1) is 14.5. The first-order chi connectivity index (χ1) is 10.2. The lowest BCUT2D eigenvalue weighted by Crippen LogP contribution is -2.22. The Kier molecular flexibility index (Phi) is 4.53. The molecule has 0 amide bonds. The van der Waals surface area contributed by atoms with Crippen LogP contribution in [0.15, 0.2) is 39.5 Å². The highest BCUT2D eigenvalue weighted by atomic mass is 32.1. The van der Waals surface area contributed by atoms with E-state index in [0.717, 1.165) is 24.4 Å². The molecule has 21 heavy (non-hydrogen) atoms. The van der Waals surface area contributed by atoms with Crippen molar-refractivity contribution in [3.8, 4) is 0 Å². The molecule has 1 N–H and O–H groups in total. The average Bonchev–Trinajstić information content (AvgIpc) is 3.20. The van der Waals surface area contributed by atoms with Gasteiger partial charge < -0.3 is 9.84 Å². The van der Waals surface area contributed by atoms with Crippen molar-refractivity contribution in [2.24, 2.45) is 0 Å². The summed E-state index contributed by atoms with van der Waals surface area (Å²) in [6.45, 7) is 4.75. The summed E-state index contributed by atoms with van der Waals surface area (Å²) in [6.07, 6.45) is 1.02. The number of thiophene rings is 2. The second-order valence-electron chi connectivity index (χ2n) is 5.04. The largest absolute Gasteiger partial charge is 0.361 e. The monoisotopic (exact) mass is 318 g/mol. The predicted molar refractivity (Wildman–Crippen MR) is 87.9 cm³/mol. The second-order valence-corrected chi connectivity index (χ2v) is 7.05. The Balaban J connectivity index is 1.73. The minimum absolute atomic E-state index is 0.331. The van der Waals surface area contributed by atoms with Gasteiger partial charge in [-0.2, -0.15) is 0 Å². The van der Waals surface area contributed by atoms with E-state index in [-0.39, 0.29) is 0 Å². The fourth-order valence-electron chi connectivity index (χ4n) is 2.37. The van der Waals surface area contributed by atoms with Crippen LogP contribution in [-0.4, -0.2) is 5.16 Å². The van der Waals surface area contributed by atoms with Crippen LogP contribution < -0.4 is 5.32 Å².